The van der Waals surface area contributed by atoms with Crippen molar-refractivity contribution in [3.63, 3.8) is 0 Å². The van der Waals surface area contributed by atoms with Crippen LogP contribution >= 0.6 is 0 Å². The SMILES string of the molecule is COC(=O)[C@@H]1[C@H]2C=C[C@@]3(CN(Cc4cccc(OC(=O)/C=C\c5ccc(OC)cc5)c4)C(=O)[C@@H]13)O2. The number of hydrogen-bond donors (Lipinski definition) is 0. The first-order valence-corrected chi connectivity index (χ1v) is 11.3. The normalized spacial score (nSPS) is 26.3. The maximum Gasteiger partial charge on any atom is 0.336 e. The van der Waals surface area contributed by atoms with E-state index in [1.807, 2.05) is 42.5 Å². The molecule has 2 fully saturated rings. The van der Waals surface area contributed by atoms with E-state index in [0.717, 1.165) is 16.9 Å². The third-order valence-electron chi connectivity index (χ3n) is 6.67. The summed E-state index contributed by atoms with van der Waals surface area (Å²) in [5.41, 5.74) is 0.841. The molecule has 8 heteroatoms. The summed E-state index contributed by atoms with van der Waals surface area (Å²) < 4.78 is 21.5. The fourth-order valence-corrected chi connectivity index (χ4v) is 5.07. The zero-order chi connectivity index (χ0) is 24.6. The number of esters is 2. The van der Waals surface area contributed by atoms with Crippen molar-refractivity contribution in [1.29, 1.82) is 0 Å². The number of carbonyl (C=O) groups excluding carboxylic acids is 3. The second-order valence-electron chi connectivity index (χ2n) is 8.79. The first-order valence-electron chi connectivity index (χ1n) is 11.3. The first-order chi connectivity index (χ1) is 16.9. The molecule has 3 heterocycles. The third-order valence-corrected chi connectivity index (χ3v) is 6.67. The van der Waals surface area contributed by atoms with Gasteiger partial charge in [0.2, 0.25) is 5.91 Å². The summed E-state index contributed by atoms with van der Waals surface area (Å²) in [7, 11) is 2.91. The molecule has 0 saturated carbocycles. The average molecular weight is 475 g/mol. The molecule has 2 aromatic rings. The zero-order valence-electron chi connectivity index (χ0n) is 19.4. The van der Waals surface area contributed by atoms with Crippen molar-refractivity contribution in [3.05, 3.63) is 77.9 Å². The van der Waals surface area contributed by atoms with Gasteiger partial charge in [-0.25, -0.2) is 4.79 Å². The van der Waals surface area contributed by atoms with Crippen molar-refractivity contribution in [2.24, 2.45) is 11.8 Å². The lowest BCUT2D eigenvalue weighted by molar-refractivity contribution is -0.151. The highest BCUT2D eigenvalue weighted by Gasteiger charge is 2.67. The van der Waals surface area contributed by atoms with Crippen LogP contribution in [-0.4, -0.2) is 55.2 Å². The molecule has 0 unspecified atom stereocenters. The number of likely N-dealkylation sites (tertiary alicyclic amines) is 1. The largest absolute Gasteiger partial charge is 0.497 e. The Morgan fingerprint density at radius 1 is 1.14 bits per heavy atom. The Morgan fingerprint density at radius 3 is 2.69 bits per heavy atom. The van der Waals surface area contributed by atoms with Crippen LogP contribution in [0.3, 0.4) is 0 Å². The van der Waals surface area contributed by atoms with Crippen molar-refractivity contribution < 1.29 is 33.3 Å². The van der Waals surface area contributed by atoms with Gasteiger partial charge in [-0.3, -0.25) is 9.59 Å². The second-order valence-corrected chi connectivity index (χ2v) is 8.79. The Bertz CT molecular complexity index is 1220. The topological polar surface area (TPSA) is 91.4 Å². The van der Waals surface area contributed by atoms with Gasteiger partial charge in [0.15, 0.2) is 0 Å². The summed E-state index contributed by atoms with van der Waals surface area (Å²) in [5, 5.41) is 0. The van der Waals surface area contributed by atoms with E-state index in [9.17, 15) is 14.4 Å². The van der Waals surface area contributed by atoms with E-state index < -0.39 is 35.5 Å². The van der Waals surface area contributed by atoms with Crippen LogP contribution in [0.1, 0.15) is 11.1 Å². The van der Waals surface area contributed by atoms with E-state index in [-0.39, 0.29) is 5.91 Å². The minimum Gasteiger partial charge on any atom is -0.497 e. The molecule has 0 aromatic heterocycles. The highest BCUT2D eigenvalue weighted by atomic mass is 16.5. The summed E-state index contributed by atoms with van der Waals surface area (Å²) in [4.78, 5) is 39.5. The summed E-state index contributed by atoms with van der Waals surface area (Å²) in [6, 6.07) is 14.3. The lowest BCUT2D eigenvalue weighted by Gasteiger charge is -2.22. The number of nitrogens with zero attached hydrogens (tertiary/aromatic N) is 1. The van der Waals surface area contributed by atoms with Gasteiger partial charge in [0.1, 0.15) is 23.0 Å². The van der Waals surface area contributed by atoms with E-state index in [2.05, 4.69) is 0 Å². The fourth-order valence-electron chi connectivity index (χ4n) is 5.07. The van der Waals surface area contributed by atoms with Gasteiger partial charge in [-0.1, -0.05) is 36.4 Å². The maximum absolute atomic E-state index is 13.2. The Morgan fingerprint density at radius 2 is 1.94 bits per heavy atom. The van der Waals surface area contributed by atoms with Crippen LogP contribution in [0.2, 0.25) is 0 Å². The summed E-state index contributed by atoms with van der Waals surface area (Å²) in [5.74, 6) is -1.20. The molecule has 3 aliphatic rings. The van der Waals surface area contributed by atoms with Gasteiger partial charge < -0.3 is 23.8 Å². The molecule has 2 aromatic carbocycles. The van der Waals surface area contributed by atoms with Crippen LogP contribution in [0, 0.1) is 11.8 Å². The van der Waals surface area contributed by atoms with Crippen LogP contribution < -0.4 is 9.47 Å². The summed E-state index contributed by atoms with van der Waals surface area (Å²) >= 11 is 0. The molecule has 0 aliphatic carbocycles. The van der Waals surface area contributed by atoms with Crippen LogP contribution in [-0.2, 0) is 30.4 Å². The molecule has 3 aliphatic heterocycles. The van der Waals surface area contributed by atoms with Crippen molar-refractivity contribution >= 4 is 23.9 Å². The number of benzene rings is 2. The number of carbonyl (C=O) groups is 3. The zero-order valence-corrected chi connectivity index (χ0v) is 19.4. The standard InChI is InChI=1S/C27H25NO7/c1-32-19-9-6-17(7-10-19)8-11-22(29)34-20-5-3-4-18(14-20)15-28-16-27-13-12-21(35-27)23(26(31)33-2)24(27)25(28)30/h3-14,21,23-24H,15-16H2,1-2H3/b11-8-/t21-,23-,24-,27+/m1/s1. The van der Waals surface area contributed by atoms with Gasteiger partial charge in [-0.2, -0.15) is 0 Å². The first kappa shape index (κ1) is 22.9. The minimum absolute atomic E-state index is 0.142. The second kappa shape index (κ2) is 9.03. The molecule has 35 heavy (non-hydrogen) atoms. The predicted molar refractivity (Wildman–Crippen MR) is 125 cm³/mol. The number of fused-ring (bicyclic) bond motifs is 1. The van der Waals surface area contributed by atoms with Gasteiger partial charge in [-0.15, -0.1) is 0 Å². The fraction of sp³-hybridized carbons (Fsp3) is 0.296. The molecule has 0 N–H and O–H groups in total. The number of rotatable bonds is 7. The molecule has 5 rings (SSSR count). The van der Waals surface area contributed by atoms with E-state index in [1.165, 1.54) is 13.2 Å². The smallest absolute Gasteiger partial charge is 0.336 e. The Kier molecular flexibility index (Phi) is 5.90. The van der Waals surface area contributed by atoms with Gasteiger partial charge in [0.25, 0.3) is 0 Å². The van der Waals surface area contributed by atoms with Gasteiger partial charge in [0, 0.05) is 12.6 Å². The molecule has 1 amide bonds. The molecular formula is C27H25NO7. The van der Waals surface area contributed by atoms with E-state index in [4.69, 9.17) is 18.9 Å². The summed E-state index contributed by atoms with van der Waals surface area (Å²) in [6.45, 7) is 0.658. The monoisotopic (exact) mass is 475 g/mol. The van der Waals surface area contributed by atoms with Crippen molar-refractivity contribution in [2.45, 2.75) is 18.2 Å². The molecule has 2 bridgehead atoms. The van der Waals surface area contributed by atoms with Gasteiger partial charge >= 0.3 is 11.9 Å². The Hall–Kier alpha value is -3.91. The van der Waals surface area contributed by atoms with Crippen LogP contribution in [0.15, 0.2) is 66.8 Å². The highest BCUT2D eigenvalue weighted by Crippen LogP contribution is 2.52. The van der Waals surface area contributed by atoms with Crippen LogP contribution in [0.25, 0.3) is 6.08 Å². The molecule has 2 saturated heterocycles. The minimum atomic E-state index is -0.795. The van der Waals surface area contributed by atoms with Crippen molar-refractivity contribution in [3.8, 4) is 11.5 Å². The Labute approximate surface area is 202 Å². The van der Waals surface area contributed by atoms with Gasteiger partial charge in [0.05, 0.1) is 32.8 Å². The van der Waals surface area contributed by atoms with E-state index >= 15 is 0 Å². The van der Waals surface area contributed by atoms with Gasteiger partial charge in [-0.05, 0) is 41.5 Å². The molecule has 0 radical (unpaired) electrons. The predicted octanol–water partition coefficient (Wildman–Crippen LogP) is 2.77. The molecule has 1 spiro atoms. The van der Waals surface area contributed by atoms with Crippen LogP contribution in [0.4, 0.5) is 0 Å². The Balaban J connectivity index is 1.24. The molecular weight excluding hydrogens is 450 g/mol. The molecule has 4 atom stereocenters. The molecule has 8 nitrogen and oxygen atoms in total. The average Bonchev–Trinajstić information content (AvgIpc) is 3.51. The van der Waals surface area contributed by atoms with E-state index in [1.54, 1.807) is 36.3 Å². The lowest BCUT2D eigenvalue weighted by atomic mass is 9.77. The van der Waals surface area contributed by atoms with Crippen molar-refractivity contribution in [1.82, 2.24) is 4.90 Å². The summed E-state index contributed by atoms with van der Waals surface area (Å²) in [6.07, 6.45) is 6.33. The highest BCUT2D eigenvalue weighted by molar-refractivity contribution is 5.91. The van der Waals surface area contributed by atoms with E-state index in [0.29, 0.717) is 18.8 Å². The number of ether oxygens (including phenoxy) is 4. The van der Waals surface area contributed by atoms with Crippen molar-refractivity contribution in [2.75, 3.05) is 20.8 Å². The quantitative estimate of drug-likeness (QED) is 0.263. The number of methoxy groups -OCH3 is 2. The maximum atomic E-state index is 13.2. The lowest BCUT2D eigenvalue weighted by Crippen LogP contribution is -2.39. The third kappa shape index (κ3) is 4.21. The van der Waals surface area contributed by atoms with Crippen LogP contribution in [0.5, 0.6) is 11.5 Å². The molecule has 180 valence electrons. The number of amides is 1. The number of hydrogen-bond acceptors (Lipinski definition) is 7.